The lowest BCUT2D eigenvalue weighted by Crippen LogP contribution is -2.39. The van der Waals surface area contributed by atoms with E-state index < -0.39 is 0 Å². The highest BCUT2D eigenvalue weighted by Crippen LogP contribution is 2.55. The Balaban J connectivity index is 1.68. The van der Waals surface area contributed by atoms with Crippen molar-refractivity contribution in [3.8, 4) is 5.82 Å². The molecule has 138 valence electrons. The van der Waals surface area contributed by atoms with Crippen molar-refractivity contribution in [1.29, 1.82) is 0 Å². The van der Waals surface area contributed by atoms with Gasteiger partial charge in [0.25, 0.3) is 5.91 Å². The molecule has 0 aromatic carbocycles. The topological polar surface area (TPSA) is 92.9 Å². The molecule has 3 atom stereocenters. The maximum atomic E-state index is 12.9. The molecule has 2 heterocycles. The molecule has 1 amide bonds. The molecule has 0 aliphatic heterocycles. The van der Waals surface area contributed by atoms with Crippen LogP contribution in [0.5, 0.6) is 0 Å². The highest BCUT2D eigenvalue weighted by atomic mass is 16.3. The number of carbonyl (C=O) groups excluding carboxylic acids is 1. The summed E-state index contributed by atoms with van der Waals surface area (Å²) < 4.78 is 1.80. The summed E-state index contributed by atoms with van der Waals surface area (Å²) in [6, 6.07) is -0.253. The number of nitrogens with zero attached hydrogens (tertiary/aromatic N) is 4. The Bertz CT molecular complexity index is 802. The average Bonchev–Trinajstić information content (AvgIpc) is 3.33. The molecule has 2 aliphatic carbocycles. The Hall–Kier alpha value is -2.28. The van der Waals surface area contributed by atoms with Gasteiger partial charge in [0.2, 0.25) is 0 Å². The molecule has 0 unspecified atom stereocenters. The summed E-state index contributed by atoms with van der Waals surface area (Å²) in [5.74, 6) is 2.01. The van der Waals surface area contributed by atoms with E-state index in [9.17, 15) is 9.90 Å². The fourth-order valence-corrected chi connectivity index (χ4v) is 4.08. The lowest BCUT2D eigenvalue weighted by atomic mass is 9.95. The van der Waals surface area contributed by atoms with E-state index in [4.69, 9.17) is 0 Å². The van der Waals surface area contributed by atoms with Gasteiger partial charge in [0.1, 0.15) is 0 Å². The van der Waals surface area contributed by atoms with Gasteiger partial charge in [-0.3, -0.25) is 9.78 Å². The molecular weight excluding hydrogens is 330 g/mol. The first-order valence-corrected chi connectivity index (χ1v) is 9.38. The van der Waals surface area contributed by atoms with Crippen LogP contribution in [0.3, 0.4) is 0 Å². The molecule has 0 saturated heterocycles. The molecule has 2 N–H and O–H groups in total. The zero-order valence-electron chi connectivity index (χ0n) is 15.2. The minimum Gasteiger partial charge on any atom is -0.394 e. The molecule has 1 saturated carbocycles. The number of amides is 1. The smallest absolute Gasteiger partial charge is 0.272 e. The maximum absolute atomic E-state index is 12.9. The monoisotopic (exact) mass is 355 g/mol. The molecule has 0 bridgehead atoms. The molecule has 7 nitrogen and oxygen atoms in total. The van der Waals surface area contributed by atoms with Crippen molar-refractivity contribution in [2.24, 2.45) is 11.8 Å². The Kier molecular flexibility index (Phi) is 4.48. The second kappa shape index (κ2) is 6.79. The molecule has 7 heteroatoms. The SMILES string of the molecule is CC(C)C[C@H](CO)NC(=O)c1nn(-c2cnccn2)c2c1CC[C@@H]1C[C@H]21. The second-order valence-electron chi connectivity index (χ2n) is 7.81. The van der Waals surface area contributed by atoms with Crippen molar-refractivity contribution in [2.45, 2.75) is 51.5 Å². The zero-order chi connectivity index (χ0) is 18.3. The first-order valence-electron chi connectivity index (χ1n) is 9.38. The van der Waals surface area contributed by atoms with Crippen molar-refractivity contribution >= 4 is 5.91 Å². The molecule has 1 fully saturated rings. The highest BCUT2D eigenvalue weighted by Gasteiger charge is 2.47. The fourth-order valence-electron chi connectivity index (χ4n) is 4.08. The van der Waals surface area contributed by atoms with Gasteiger partial charge in [0.15, 0.2) is 11.5 Å². The molecule has 26 heavy (non-hydrogen) atoms. The van der Waals surface area contributed by atoms with Gasteiger partial charge in [-0.1, -0.05) is 13.8 Å². The second-order valence-corrected chi connectivity index (χ2v) is 7.81. The van der Waals surface area contributed by atoms with Gasteiger partial charge >= 0.3 is 0 Å². The summed E-state index contributed by atoms with van der Waals surface area (Å²) in [5.41, 5.74) is 2.63. The van der Waals surface area contributed by atoms with Crippen LogP contribution in [0.2, 0.25) is 0 Å². The molecule has 2 aromatic rings. The number of hydrogen-bond acceptors (Lipinski definition) is 5. The van der Waals surface area contributed by atoms with Crippen LogP contribution < -0.4 is 5.32 Å². The van der Waals surface area contributed by atoms with E-state index in [0.717, 1.165) is 36.9 Å². The maximum Gasteiger partial charge on any atom is 0.272 e. The Labute approximate surface area is 152 Å². The van der Waals surface area contributed by atoms with E-state index in [2.05, 4.69) is 34.2 Å². The molecule has 0 radical (unpaired) electrons. The predicted molar refractivity (Wildman–Crippen MR) is 96.1 cm³/mol. The number of aromatic nitrogens is 4. The van der Waals surface area contributed by atoms with Gasteiger partial charge in [-0.15, -0.1) is 0 Å². The third-order valence-corrected chi connectivity index (χ3v) is 5.36. The minimum atomic E-state index is -0.253. The van der Waals surface area contributed by atoms with Crippen LogP contribution in [-0.4, -0.2) is 43.4 Å². The van der Waals surface area contributed by atoms with Gasteiger partial charge in [0, 0.05) is 23.9 Å². The predicted octanol–water partition coefficient (Wildman–Crippen LogP) is 1.85. The first-order chi connectivity index (χ1) is 12.6. The minimum absolute atomic E-state index is 0.0678. The lowest BCUT2D eigenvalue weighted by molar-refractivity contribution is 0.0902. The van der Waals surface area contributed by atoms with E-state index in [-0.39, 0.29) is 18.6 Å². The van der Waals surface area contributed by atoms with Crippen molar-refractivity contribution in [3.63, 3.8) is 0 Å². The number of nitrogens with one attached hydrogen (secondary N) is 1. The van der Waals surface area contributed by atoms with E-state index in [1.807, 2.05) is 0 Å². The van der Waals surface area contributed by atoms with Crippen molar-refractivity contribution in [2.75, 3.05) is 6.61 Å². The Morgan fingerprint density at radius 2 is 2.27 bits per heavy atom. The van der Waals surface area contributed by atoms with E-state index in [0.29, 0.717) is 29.3 Å². The van der Waals surface area contributed by atoms with Gasteiger partial charge in [-0.05, 0) is 37.5 Å². The summed E-state index contributed by atoms with van der Waals surface area (Å²) in [5, 5.41) is 17.2. The van der Waals surface area contributed by atoms with E-state index in [1.54, 1.807) is 23.3 Å². The van der Waals surface area contributed by atoms with Crippen LogP contribution in [0.1, 0.15) is 60.8 Å². The summed E-state index contributed by atoms with van der Waals surface area (Å²) in [4.78, 5) is 21.4. The van der Waals surface area contributed by atoms with Gasteiger partial charge < -0.3 is 10.4 Å². The quantitative estimate of drug-likeness (QED) is 0.825. The van der Waals surface area contributed by atoms with Gasteiger partial charge in [0.05, 0.1) is 24.5 Å². The van der Waals surface area contributed by atoms with Crippen LogP contribution in [0.15, 0.2) is 18.6 Å². The molecule has 0 spiro atoms. The van der Waals surface area contributed by atoms with Crippen LogP contribution in [-0.2, 0) is 6.42 Å². The first kappa shape index (κ1) is 17.1. The lowest BCUT2D eigenvalue weighted by Gasteiger charge is -2.18. The van der Waals surface area contributed by atoms with Crippen LogP contribution in [0.4, 0.5) is 0 Å². The number of aliphatic hydroxyl groups excluding tert-OH is 1. The summed E-state index contributed by atoms with van der Waals surface area (Å²) in [6.07, 6.45) is 8.82. The molecule has 2 aromatic heterocycles. The largest absolute Gasteiger partial charge is 0.394 e. The number of fused-ring (bicyclic) bond motifs is 3. The number of aliphatic hydroxyl groups is 1. The van der Waals surface area contributed by atoms with Crippen LogP contribution in [0, 0.1) is 11.8 Å². The third-order valence-electron chi connectivity index (χ3n) is 5.36. The van der Waals surface area contributed by atoms with Crippen molar-refractivity contribution < 1.29 is 9.90 Å². The molecule has 4 rings (SSSR count). The molecule has 2 aliphatic rings. The van der Waals surface area contributed by atoms with Crippen LogP contribution >= 0.6 is 0 Å². The fraction of sp³-hybridized carbons (Fsp3) is 0.579. The van der Waals surface area contributed by atoms with Gasteiger partial charge in [-0.25, -0.2) is 9.67 Å². The van der Waals surface area contributed by atoms with Gasteiger partial charge in [-0.2, -0.15) is 5.10 Å². The molecular formula is C19H25N5O2. The summed E-state index contributed by atoms with van der Waals surface area (Å²) >= 11 is 0. The number of carbonyl (C=O) groups is 1. The normalized spacial score (nSPS) is 21.8. The Morgan fingerprint density at radius 1 is 1.42 bits per heavy atom. The zero-order valence-corrected chi connectivity index (χ0v) is 15.2. The number of hydrogen-bond donors (Lipinski definition) is 2. The van der Waals surface area contributed by atoms with Crippen LogP contribution in [0.25, 0.3) is 5.82 Å². The number of rotatable bonds is 6. The standard InChI is InChI=1S/C19H25N5O2/c1-11(2)7-13(10-25)22-19(26)17-14-4-3-12-8-15(12)18(14)24(23-17)16-9-20-5-6-21-16/h5-6,9,11-13,15,25H,3-4,7-8,10H2,1-2H3,(H,22,26)/t12-,13-,15+/m1/s1. The third kappa shape index (κ3) is 3.11. The van der Waals surface area contributed by atoms with E-state index in [1.165, 1.54) is 0 Å². The summed E-state index contributed by atoms with van der Waals surface area (Å²) in [6.45, 7) is 4.08. The van der Waals surface area contributed by atoms with E-state index >= 15 is 0 Å². The highest BCUT2D eigenvalue weighted by molar-refractivity contribution is 5.94. The average molecular weight is 355 g/mol. The van der Waals surface area contributed by atoms with Crippen molar-refractivity contribution in [3.05, 3.63) is 35.5 Å². The Morgan fingerprint density at radius 3 is 2.96 bits per heavy atom. The summed E-state index contributed by atoms with van der Waals surface area (Å²) in [7, 11) is 0. The van der Waals surface area contributed by atoms with Crippen molar-refractivity contribution in [1.82, 2.24) is 25.1 Å².